The number of carbonyl (C=O) groups excluding carboxylic acids is 2. The molecular weight excluding hydrogens is 496 g/mol. The van der Waals surface area contributed by atoms with Crippen molar-refractivity contribution in [1.29, 1.82) is 0 Å². The highest BCUT2D eigenvalue weighted by molar-refractivity contribution is 7.92. The fraction of sp³-hybridized carbons (Fsp3) is 0.462. The maximum absolute atomic E-state index is 13.7. The van der Waals surface area contributed by atoms with Crippen LogP contribution in [0.4, 0.5) is 11.4 Å². The molecule has 0 spiro atoms. The van der Waals surface area contributed by atoms with Gasteiger partial charge in [0.05, 0.1) is 16.9 Å². The van der Waals surface area contributed by atoms with Crippen molar-refractivity contribution in [3.8, 4) is 0 Å². The quantitative estimate of drug-likeness (QED) is 0.328. The molecular formula is C26H36N4O6S. The molecule has 0 aromatic heterocycles. The van der Waals surface area contributed by atoms with Gasteiger partial charge in [0, 0.05) is 24.7 Å². The molecule has 10 nitrogen and oxygen atoms in total. The van der Waals surface area contributed by atoms with Gasteiger partial charge in [-0.2, -0.15) is 0 Å². The minimum Gasteiger partial charge on any atom is -0.352 e. The fourth-order valence-electron chi connectivity index (χ4n) is 3.83. The summed E-state index contributed by atoms with van der Waals surface area (Å²) < 4.78 is 26.4. The zero-order valence-corrected chi connectivity index (χ0v) is 23.0. The molecule has 0 aliphatic carbocycles. The van der Waals surface area contributed by atoms with Crippen LogP contribution in [0, 0.1) is 24.0 Å². The van der Waals surface area contributed by atoms with Crippen LogP contribution in [0.5, 0.6) is 0 Å². The lowest BCUT2D eigenvalue weighted by Gasteiger charge is -2.33. The Balaban J connectivity index is 2.52. The van der Waals surface area contributed by atoms with Crippen molar-refractivity contribution in [2.45, 2.75) is 66.1 Å². The third-order valence-electron chi connectivity index (χ3n) is 6.21. The minimum absolute atomic E-state index is 0.0393. The monoisotopic (exact) mass is 532 g/mol. The Kier molecular flexibility index (Phi) is 10.2. The number of benzene rings is 2. The molecule has 0 saturated carbocycles. The number of hydrogen-bond donors (Lipinski definition) is 1. The van der Waals surface area contributed by atoms with Crippen molar-refractivity contribution in [2.24, 2.45) is 0 Å². The van der Waals surface area contributed by atoms with Crippen LogP contribution in [0.25, 0.3) is 0 Å². The first-order valence-electron chi connectivity index (χ1n) is 12.2. The zero-order chi connectivity index (χ0) is 27.9. The van der Waals surface area contributed by atoms with E-state index in [2.05, 4.69) is 5.32 Å². The van der Waals surface area contributed by atoms with Gasteiger partial charge in [0.1, 0.15) is 12.6 Å². The van der Waals surface area contributed by atoms with E-state index in [1.807, 2.05) is 45.0 Å². The van der Waals surface area contributed by atoms with E-state index in [9.17, 15) is 28.1 Å². The summed E-state index contributed by atoms with van der Waals surface area (Å²) in [5.74, 6) is -0.919. The molecule has 0 aliphatic rings. The van der Waals surface area contributed by atoms with Crippen LogP contribution in [0.1, 0.15) is 50.3 Å². The van der Waals surface area contributed by atoms with Crippen LogP contribution in [0.3, 0.4) is 0 Å². The van der Waals surface area contributed by atoms with Crippen LogP contribution in [-0.2, 0) is 26.2 Å². The largest absolute Gasteiger partial charge is 0.352 e. The van der Waals surface area contributed by atoms with E-state index >= 15 is 0 Å². The van der Waals surface area contributed by atoms with Gasteiger partial charge in [-0.15, -0.1) is 0 Å². The molecule has 1 N–H and O–H groups in total. The van der Waals surface area contributed by atoms with Crippen molar-refractivity contribution < 1.29 is 22.9 Å². The van der Waals surface area contributed by atoms with E-state index in [1.165, 1.54) is 17.0 Å². The molecule has 11 heteroatoms. The molecule has 0 radical (unpaired) electrons. The van der Waals surface area contributed by atoms with E-state index in [4.69, 9.17) is 0 Å². The lowest BCUT2D eigenvalue weighted by molar-refractivity contribution is -0.384. The first kappa shape index (κ1) is 29.8. The third-order valence-corrected chi connectivity index (χ3v) is 7.34. The van der Waals surface area contributed by atoms with E-state index in [0.29, 0.717) is 18.4 Å². The first-order valence-corrected chi connectivity index (χ1v) is 14.0. The highest BCUT2D eigenvalue weighted by Gasteiger charge is 2.33. The predicted molar refractivity (Wildman–Crippen MR) is 144 cm³/mol. The van der Waals surface area contributed by atoms with Crippen molar-refractivity contribution in [3.05, 3.63) is 69.3 Å². The second-order valence-corrected chi connectivity index (χ2v) is 11.2. The molecule has 0 bridgehead atoms. The summed E-state index contributed by atoms with van der Waals surface area (Å²) in [6, 6.07) is 10.4. The van der Waals surface area contributed by atoms with Crippen LogP contribution in [-0.4, -0.2) is 54.9 Å². The summed E-state index contributed by atoms with van der Waals surface area (Å²) in [7, 11) is -4.00. The Morgan fingerprint density at radius 1 is 1.05 bits per heavy atom. The maximum Gasteiger partial charge on any atom is 0.271 e. The smallest absolute Gasteiger partial charge is 0.271 e. The second-order valence-electron chi connectivity index (χ2n) is 9.25. The topological polar surface area (TPSA) is 130 Å². The highest BCUT2D eigenvalue weighted by atomic mass is 32.2. The lowest BCUT2D eigenvalue weighted by atomic mass is 10.1. The van der Waals surface area contributed by atoms with Gasteiger partial charge in [-0.25, -0.2) is 8.42 Å². The number of hydrogen-bond acceptors (Lipinski definition) is 6. The van der Waals surface area contributed by atoms with Gasteiger partial charge in [-0.1, -0.05) is 49.7 Å². The van der Waals surface area contributed by atoms with Gasteiger partial charge >= 0.3 is 0 Å². The number of nitro groups is 1. The fourth-order valence-corrected chi connectivity index (χ4v) is 4.72. The molecule has 2 atom stereocenters. The van der Waals surface area contributed by atoms with Gasteiger partial charge in [0.15, 0.2) is 0 Å². The molecule has 202 valence electrons. The Hall–Kier alpha value is -3.47. The van der Waals surface area contributed by atoms with E-state index in [1.54, 1.807) is 13.8 Å². The van der Waals surface area contributed by atoms with Crippen LogP contribution in [0.15, 0.2) is 42.5 Å². The molecule has 37 heavy (non-hydrogen) atoms. The SMILES string of the molecule is CCC(C)NC(=O)C(CC)N(Cc1ccc(C)cc1)C(=O)CN(c1cc([N+](=O)[O-])ccc1C)S(C)(=O)=O. The second kappa shape index (κ2) is 12.7. The number of amides is 2. The van der Waals surface area contributed by atoms with Crippen molar-refractivity contribution in [1.82, 2.24) is 10.2 Å². The molecule has 0 fully saturated rings. The number of nitrogens with zero attached hydrogens (tertiary/aromatic N) is 3. The summed E-state index contributed by atoms with van der Waals surface area (Å²) >= 11 is 0. The van der Waals surface area contributed by atoms with Crippen molar-refractivity contribution in [2.75, 3.05) is 17.1 Å². The molecule has 2 aromatic rings. The van der Waals surface area contributed by atoms with Gasteiger partial charge in [0.25, 0.3) is 5.69 Å². The summed E-state index contributed by atoms with van der Waals surface area (Å²) in [5, 5.41) is 14.2. The average molecular weight is 533 g/mol. The van der Waals surface area contributed by atoms with E-state index < -0.39 is 33.4 Å². The van der Waals surface area contributed by atoms with Crippen LogP contribution in [0.2, 0.25) is 0 Å². The molecule has 2 amide bonds. The normalized spacial score (nSPS) is 12.9. The Bertz CT molecular complexity index is 1230. The standard InChI is InChI=1S/C26H36N4O6S/c1-7-20(5)27-26(32)23(8-2)28(16-21-12-9-18(3)10-13-21)25(31)17-29(37(6,35)36)24-15-22(30(33)34)14-11-19(24)4/h9-15,20,23H,7-8,16-17H2,1-6H3,(H,27,32). The van der Waals surface area contributed by atoms with E-state index in [-0.39, 0.29) is 29.9 Å². The van der Waals surface area contributed by atoms with Gasteiger partial charge in [0.2, 0.25) is 21.8 Å². The maximum atomic E-state index is 13.7. The number of sulfonamides is 1. The predicted octanol–water partition coefficient (Wildman–Crippen LogP) is 3.70. The zero-order valence-electron chi connectivity index (χ0n) is 22.2. The summed E-state index contributed by atoms with van der Waals surface area (Å²) in [4.78, 5) is 39.0. The Labute approximate surface area is 218 Å². The average Bonchev–Trinajstić information content (AvgIpc) is 2.83. The number of non-ortho nitro benzene ring substituents is 1. The number of nitro benzene ring substituents is 1. The molecule has 0 saturated heterocycles. The minimum atomic E-state index is -4.00. The van der Waals surface area contributed by atoms with Crippen LogP contribution < -0.4 is 9.62 Å². The van der Waals surface area contributed by atoms with Gasteiger partial charge in [-0.05, 0) is 44.7 Å². The van der Waals surface area contributed by atoms with Crippen LogP contribution >= 0.6 is 0 Å². The van der Waals surface area contributed by atoms with Crippen molar-refractivity contribution >= 4 is 33.2 Å². The van der Waals surface area contributed by atoms with Crippen molar-refractivity contribution in [3.63, 3.8) is 0 Å². The molecule has 0 aliphatic heterocycles. The summed E-state index contributed by atoms with van der Waals surface area (Å²) in [6.07, 6.45) is 1.96. The molecule has 2 unspecified atom stereocenters. The molecule has 0 heterocycles. The summed E-state index contributed by atoms with van der Waals surface area (Å²) in [5.41, 5.74) is 2.02. The molecule has 2 aromatic carbocycles. The highest BCUT2D eigenvalue weighted by Crippen LogP contribution is 2.28. The van der Waals surface area contributed by atoms with Gasteiger partial charge < -0.3 is 10.2 Å². The Morgan fingerprint density at radius 3 is 2.19 bits per heavy atom. The number of aryl methyl sites for hydroxylation is 2. The first-order chi connectivity index (χ1) is 17.3. The molecule has 2 rings (SSSR count). The number of rotatable bonds is 12. The summed E-state index contributed by atoms with van der Waals surface area (Å²) in [6.45, 7) is 8.62. The Morgan fingerprint density at radius 2 is 1.68 bits per heavy atom. The van der Waals surface area contributed by atoms with E-state index in [0.717, 1.165) is 27.8 Å². The number of nitrogens with one attached hydrogen (secondary N) is 1. The van der Waals surface area contributed by atoms with Gasteiger partial charge in [-0.3, -0.25) is 24.0 Å². The number of carbonyl (C=O) groups is 2. The number of anilines is 1. The lowest BCUT2D eigenvalue weighted by Crippen LogP contribution is -2.53. The third kappa shape index (κ3) is 8.01.